The SMILES string of the molecule is COc1ccc(/C=C2\Cc3ccc(O)cc3C2=O)c(OC)c1OC. The van der Waals surface area contributed by atoms with Crippen LogP contribution < -0.4 is 14.2 Å². The molecule has 0 unspecified atom stereocenters. The highest BCUT2D eigenvalue weighted by Crippen LogP contribution is 2.41. The summed E-state index contributed by atoms with van der Waals surface area (Å²) in [6, 6.07) is 8.46. The Morgan fingerprint density at radius 2 is 1.75 bits per heavy atom. The van der Waals surface area contributed by atoms with E-state index in [1.165, 1.54) is 13.2 Å². The van der Waals surface area contributed by atoms with E-state index in [-0.39, 0.29) is 11.5 Å². The third kappa shape index (κ3) is 2.58. The third-order valence-corrected chi connectivity index (χ3v) is 4.07. The molecule has 0 heterocycles. The summed E-state index contributed by atoms with van der Waals surface area (Å²) in [5, 5.41) is 9.58. The molecule has 0 bridgehead atoms. The van der Waals surface area contributed by atoms with Gasteiger partial charge >= 0.3 is 0 Å². The highest BCUT2D eigenvalue weighted by molar-refractivity contribution is 6.15. The largest absolute Gasteiger partial charge is 0.508 e. The lowest BCUT2D eigenvalue weighted by molar-refractivity contribution is 0.104. The molecule has 1 N–H and O–H groups in total. The maximum atomic E-state index is 12.6. The minimum Gasteiger partial charge on any atom is -0.508 e. The number of carbonyl (C=O) groups excluding carboxylic acids is 1. The van der Waals surface area contributed by atoms with Crippen molar-refractivity contribution in [3.05, 3.63) is 52.6 Å². The zero-order valence-corrected chi connectivity index (χ0v) is 13.8. The number of ketones is 1. The number of benzene rings is 2. The van der Waals surface area contributed by atoms with Gasteiger partial charge in [0.1, 0.15) is 5.75 Å². The van der Waals surface area contributed by atoms with Gasteiger partial charge in [-0.2, -0.15) is 0 Å². The minimum absolute atomic E-state index is 0.0854. The Balaban J connectivity index is 2.06. The summed E-state index contributed by atoms with van der Waals surface area (Å²) in [7, 11) is 4.64. The molecule has 5 nitrogen and oxygen atoms in total. The Labute approximate surface area is 140 Å². The highest BCUT2D eigenvalue weighted by Gasteiger charge is 2.26. The van der Waals surface area contributed by atoms with Crippen LogP contribution in [0, 0.1) is 0 Å². The molecule has 0 radical (unpaired) electrons. The fourth-order valence-corrected chi connectivity index (χ4v) is 2.93. The molecule has 2 aromatic carbocycles. The number of aromatic hydroxyl groups is 1. The molecule has 1 aliphatic rings. The maximum Gasteiger partial charge on any atom is 0.203 e. The van der Waals surface area contributed by atoms with E-state index >= 15 is 0 Å². The Kier molecular flexibility index (Phi) is 4.16. The van der Waals surface area contributed by atoms with Crippen LogP contribution in [0.25, 0.3) is 6.08 Å². The fraction of sp³-hybridized carbons (Fsp3) is 0.211. The second-order valence-electron chi connectivity index (χ2n) is 5.44. The number of rotatable bonds is 4. The van der Waals surface area contributed by atoms with Crippen LogP contribution in [0.1, 0.15) is 21.5 Å². The summed E-state index contributed by atoms with van der Waals surface area (Å²) < 4.78 is 16.1. The number of fused-ring (bicyclic) bond motifs is 1. The number of methoxy groups -OCH3 is 3. The molecule has 3 rings (SSSR count). The quantitative estimate of drug-likeness (QED) is 0.874. The molecule has 0 saturated carbocycles. The molecular formula is C19H18O5. The first-order valence-corrected chi connectivity index (χ1v) is 7.45. The van der Waals surface area contributed by atoms with Gasteiger partial charge in [-0.05, 0) is 35.9 Å². The van der Waals surface area contributed by atoms with E-state index in [1.54, 1.807) is 38.5 Å². The van der Waals surface area contributed by atoms with Gasteiger partial charge < -0.3 is 19.3 Å². The smallest absolute Gasteiger partial charge is 0.203 e. The molecule has 24 heavy (non-hydrogen) atoms. The number of ether oxygens (including phenoxy) is 3. The van der Waals surface area contributed by atoms with Crippen molar-refractivity contribution in [1.29, 1.82) is 0 Å². The molecule has 2 aromatic rings. The summed E-state index contributed by atoms with van der Waals surface area (Å²) in [5.41, 5.74) is 2.82. The van der Waals surface area contributed by atoms with Crippen molar-refractivity contribution in [2.45, 2.75) is 6.42 Å². The zero-order chi connectivity index (χ0) is 17.3. The van der Waals surface area contributed by atoms with Gasteiger partial charge in [-0.1, -0.05) is 6.07 Å². The molecule has 0 spiro atoms. The van der Waals surface area contributed by atoms with E-state index in [2.05, 4.69) is 0 Å². The summed E-state index contributed by atoms with van der Waals surface area (Å²) in [6.45, 7) is 0. The van der Waals surface area contributed by atoms with E-state index in [0.717, 1.165) is 11.1 Å². The summed E-state index contributed by atoms with van der Waals surface area (Å²) >= 11 is 0. The van der Waals surface area contributed by atoms with Crippen LogP contribution in [0.3, 0.4) is 0 Å². The van der Waals surface area contributed by atoms with Crippen molar-refractivity contribution in [2.24, 2.45) is 0 Å². The zero-order valence-electron chi connectivity index (χ0n) is 13.8. The van der Waals surface area contributed by atoms with Gasteiger partial charge in [0, 0.05) is 23.1 Å². The second-order valence-corrected chi connectivity index (χ2v) is 5.44. The molecule has 0 atom stereocenters. The summed E-state index contributed by atoms with van der Waals surface area (Å²) in [5.74, 6) is 1.55. The predicted molar refractivity (Wildman–Crippen MR) is 90.2 cm³/mol. The lowest BCUT2D eigenvalue weighted by Crippen LogP contribution is -1.99. The average molecular weight is 326 g/mol. The number of phenolic OH excluding ortho intramolecular Hbond substituents is 1. The van der Waals surface area contributed by atoms with Gasteiger partial charge in [-0.15, -0.1) is 0 Å². The average Bonchev–Trinajstić information content (AvgIpc) is 2.90. The Morgan fingerprint density at radius 3 is 2.42 bits per heavy atom. The van der Waals surface area contributed by atoms with Crippen LogP contribution in [0.2, 0.25) is 0 Å². The van der Waals surface area contributed by atoms with Crippen molar-refractivity contribution in [1.82, 2.24) is 0 Å². The first kappa shape index (κ1) is 15.9. The monoisotopic (exact) mass is 326 g/mol. The number of carbonyl (C=O) groups is 1. The van der Waals surface area contributed by atoms with Crippen molar-refractivity contribution >= 4 is 11.9 Å². The molecule has 0 aromatic heterocycles. The normalized spacial score (nSPS) is 14.6. The lowest BCUT2D eigenvalue weighted by atomic mass is 10.1. The molecule has 0 fully saturated rings. The van der Waals surface area contributed by atoms with Crippen molar-refractivity contribution < 1.29 is 24.1 Å². The van der Waals surface area contributed by atoms with Gasteiger partial charge in [0.25, 0.3) is 0 Å². The van der Waals surface area contributed by atoms with Gasteiger partial charge in [0.2, 0.25) is 5.75 Å². The van der Waals surface area contributed by atoms with E-state index in [1.807, 2.05) is 6.07 Å². The molecule has 0 saturated heterocycles. The van der Waals surface area contributed by atoms with E-state index in [9.17, 15) is 9.90 Å². The van der Waals surface area contributed by atoms with Crippen molar-refractivity contribution in [3.63, 3.8) is 0 Å². The standard InChI is InChI=1S/C19H18O5/c1-22-16-7-5-12(18(23-2)19(16)24-3)9-13-8-11-4-6-14(20)10-15(11)17(13)21/h4-7,9-10,20H,8H2,1-3H3/b13-9+. The fourth-order valence-electron chi connectivity index (χ4n) is 2.93. The van der Waals surface area contributed by atoms with E-state index < -0.39 is 0 Å². The molecule has 1 aliphatic carbocycles. The number of Topliss-reactive ketones (excluding diaryl/α,β-unsaturated/α-hetero) is 1. The Bertz CT molecular complexity index is 836. The molecule has 124 valence electrons. The topological polar surface area (TPSA) is 65.0 Å². The summed E-state index contributed by atoms with van der Waals surface area (Å²) in [6.07, 6.45) is 2.31. The van der Waals surface area contributed by atoms with Gasteiger partial charge in [0.05, 0.1) is 21.3 Å². The maximum absolute atomic E-state index is 12.6. The number of hydrogen-bond donors (Lipinski definition) is 1. The number of phenols is 1. The molecule has 5 heteroatoms. The third-order valence-electron chi connectivity index (χ3n) is 4.07. The van der Waals surface area contributed by atoms with Crippen LogP contribution in [-0.2, 0) is 6.42 Å². The van der Waals surface area contributed by atoms with Gasteiger partial charge in [-0.3, -0.25) is 4.79 Å². The second kappa shape index (κ2) is 6.28. The van der Waals surface area contributed by atoms with E-state index in [4.69, 9.17) is 14.2 Å². The predicted octanol–water partition coefficient (Wildman–Crippen LogP) is 3.24. The first-order chi connectivity index (χ1) is 11.6. The number of allylic oxidation sites excluding steroid dienone is 1. The number of hydrogen-bond acceptors (Lipinski definition) is 5. The highest BCUT2D eigenvalue weighted by atomic mass is 16.5. The first-order valence-electron chi connectivity index (χ1n) is 7.45. The van der Waals surface area contributed by atoms with Crippen LogP contribution in [0.5, 0.6) is 23.0 Å². The molecule has 0 aliphatic heterocycles. The van der Waals surface area contributed by atoms with E-state index in [0.29, 0.717) is 34.8 Å². The summed E-state index contributed by atoms with van der Waals surface area (Å²) in [4.78, 5) is 12.6. The van der Waals surface area contributed by atoms with Gasteiger partial charge in [-0.25, -0.2) is 0 Å². The molecule has 0 amide bonds. The van der Waals surface area contributed by atoms with Crippen LogP contribution in [-0.4, -0.2) is 32.2 Å². The van der Waals surface area contributed by atoms with Crippen molar-refractivity contribution in [2.75, 3.05) is 21.3 Å². The molecular weight excluding hydrogens is 308 g/mol. The van der Waals surface area contributed by atoms with Gasteiger partial charge in [0.15, 0.2) is 17.3 Å². The lowest BCUT2D eigenvalue weighted by Gasteiger charge is -2.14. The van der Waals surface area contributed by atoms with Crippen molar-refractivity contribution in [3.8, 4) is 23.0 Å². The van der Waals surface area contributed by atoms with Crippen LogP contribution in [0.4, 0.5) is 0 Å². The Morgan fingerprint density at radius 1 is 1.00 bits per heavy atom. The Hall–Kier alpha value is -2.95. The minimum atomic E-state index is -0.0854. The van der Waals surface area contributed by atoms with Crippen LogP contribution in [0.15, 0.2) is 35.9 Å². The van der Waals surface area contributed by atoms with Crippen LogP contribution >= 0.6 is 0 Å².